The average Bonchev–Trinajstić information content (AvgIpc) is 1.07. The largest absolute Gasteiger partial charge is 0.463 e. The lowest BCUT2D eigenvalue weighted by Crippen LogP contribution is -2.70. The van der Waals surface area contributed by atoms with Gasteiger partial charge in [0.05, 0.1) is 32.0 Å². The first-order valence-electron chi connectivity index (χ1n) is 29.3. The zero-order valence-electron chi connectivity index (χ0n) is 49.7. The highest BCUT2D eigenvalue weighted by molar-refractivity contribution is 9.10. The van der Waals surface area contributed by atoms with E-state index in [1.165, 1.54) is 25.6 Å². The predicted molar refractivity (Wildman–Crippen MR) is 343 cm³/mol. The Bertz CT molecular complexity index is 3470. The lowest BCUT2D eigenvalue weighted by atomic mass is 9.94. The summed E-state index contributed by atoms with van der Waals surface area (Å²) >= 11 is 4.94. The van der Waals surface area contributed by atoms with Crippen molar-refractivity contribution in [1.29, 1.82) is 0 Å². The molecule has 0 saturated carbocycles. The van der Waals surface area contributed by atoms with E-state index in [0.717, 1.165) is 52.8 Å². The van der Waals surface area contributed by atoms with Gasteiger partial charge in [0.25, 0.3) is 8.32 Å². The number of amides is 1. The van der Waals surface area contributed by atoms with Crippen molar-refractivity contribution in [3.8, 4) is 0 Å². The number of aryl methyl sites for hydroxylation is 1. The summed E-state index contributed by atoms with van der Waals surface area (Å²) in [5, 5.41) is 7.00. The van der Waals surface area contributed by atoms with E-state index in [1.54, 1.807) is 24.3 Å². The number of rotatable bonds is 23. The van der Waals surface area contributed by atoms with Crippen LogP contribution >= 0.6 is 27.7 Å². The SMILES string of the molecule is CC(=O)N[C@H]1[C@@H](O[C@H]2[C@H](OCc3ccccc3)[C@@H](OC(=O)c3ccccc3)[C@H](Sc3ccc(C)cc3)O[C@H]2COC(C)=O)O[C@H](CO[Si](c2ccccc2)(c2ccccc2)C(C)(C)C)[C@@H](OCc2ccc3ccccc3c2)[C@@H]1OCc1ccc(Br)cc1. The molecule has 2 heterocycles. The number of halogens is 1. The maximum absolute atomic E-state index is 14.6. The summed E-state index contributed by atoms with van der Waals surface area (Å²) in [4.78, 5) is 42.3. The van der Waals surface area contributed by atoms with E-state index in [1.807, 2.05) is 146 Å². The van der Waals surface area contributed by atoms with E-state index in [-0.39, 0.29) is 33.0 Å². The zero-order valence-corrected chi connectivity index (χ0v) is 53.1. The number of carbonyl (C=O) groups excluding carboxylic acids is 3. The number of carbonyl (C=O) groups is 3. The number of hydrogen-bond acceptors (Lipinski definition) is 13. The topological polar surface area (TPSA) is 146 Å². The summed E-state index contributed by atoms with van der Waals surface area (Å²) in [6.07, 6.45) is -8.92. The van der Waals surface area contributed by atoms with Gasteiger partial charge in [0.1, 0.15) is 54.7 Å². The molecule has 87 heavy (non-hydrogen) atoms. The van der Waals surface area contributed by atoms with Crippen molar-refractivity contribution >= 4 is 75.0 Å². The maximum atomic E-state index is 14.6. The molecule has 452 valence electrons. The van der Waals surface area contributed by atoms with Gasteiger partial charge in [0.15, 0.2) is 12.4 Å². The van der Waals surface area contributed by atoms with Crippen molar-refractivity contribution in [2.24, 2.45) is 0 Å². The molecule has 13 nitrogen and oxygen atoms in total. The minimum absolute atomic E-state index is 0.0288. The fraction of sp³-hybridized carbons (Fsp3) is 0.310. The molecule has 10 rings (SSSR count). The van der Waals surface area contributed by atoms with E-state index < -0.39 is 91.7 Å². The van der Waals surface area contributed by atoms with Gasteiger partial charge in [0, 0.05) is 23.2 Å². The number of nitrogens with one attached hydrogen (secondary N) is 1. The summed E-state index contributed by atoms with van der Waals surface area (Å²) in [6.45, 7) is 11.3. The third-order valence-electron chi connectivity index (χ3n) is 15.7. The summed E-state index contributed by atoms with van der Waals surface area (Å²) < 4.78 is 64.8. The van der Waals surface area contributed by atoms with E-state index >= 15 is 0 Å². The zero-order chi connectivity index (χ0) is 60.9. The van der Waals surface area contributed by atoms with Gasteiger partial charge in [-0.05, 0) is 92.3 Å². The quantitative estimate of drug-likeness (QED) is 0.0479. The number of esters is 2. The molecule has 2 aliphatic rings. The maximum Gasteiger partial charge on any atom is 0.338 e. The van der Waals surface area contributed by atoms with Gasteiger partial charge in [-0.15, -0.1) is 0 Å². The molecule has 1 N–H and O–H groups in total. The normalized spacial score (nSPS) is 22.3. The Hall–Kier alpha value is -6.80. The van der Waals surface area contributed by atoms with Crippen molar-refractivity contribution in [1.82, 2.24) is 5.32 Å². The van der Waals surface area contributed by atoms with Crippen molar-refractivity contribution in [2.75, 3.05) is 13.2 Å². The number of ether oxygens (including phenoxy) is 8. The Labute approximate surface area is 523 Å². The van der Waals surface area contributed by atoms with E-state index in [2.05, 4.69) is 90.5 Å². The third kappa shape index (κ3) is 15.9. The molecule has 0 aliphatic carbocycles. The Balaban J connectivity index is 1.12. The second-order valence-corrected chi connectivity index (χ2v) is 29.4. The van der Waals surface area contributed by atoms with Gasteiger partial charge in [-0.2, -0.15) is 0 Å². The summed E-state index contributed by atoms with van der Waals surface area (Å²) in [5.41, 5.74) is 3.01. The number of fused-ring (bicyclic) bond motifs is 1. The Morgan fingerprint density at radius 1 is 0.563 bits per heavy atom. The molecule has 0 unspecified atom stereocenters. The lowest BCUT2D eigenvalue weighted by molar-refractivity contribution is -0.329. The fourth-order valence-corrected chi connectivity index (χ4v) is 17.4. The highest BCUT2D eigenvalue weighted by atomic mass is 79.9. The molecule has 2 saturated heterocycles. The standard InChI is InChI=1S/C71H74BrNO12SSi/c1-47-31-39-57(40-32-47)86-70-67(84-68(76)54-24-13-8-14-25-54)66(80-42-50-21-11-7-12-22-50)64(60(83-70)45-77-49(3)75)85-69-62(73-48(2)74)65(79-43-51-34-37-56(72)38-35-51)63(78-44-52-33-36-53-23-19-20-26-55(53)41-52)61(82-69)46-81-87(71(4,5)6,58-27-15-9-16-28-58)59-29-17-10-18-30-59/h7-41,60-67,69-70H,42-46H2,1-6H3,(H,73,74)/t60-,61+,62+,63+,64+,65+,66-,67+,69+,70-/m0/s1. The summed E-state index contributed by atoms with van der Waals surface area (Å²) in [5.74, 6) is -1.58. The highest BCUT2D eigenvalue weighted by Crippen LogP contribution is 2.42. The first-order valence-corrected chi connectivity index (χ1v) is 32.9. The second-order valence-electron chi connectivity index (χ2n) is 23.0. The van der Waals surface area contributed by atoms with Crippen LogP contribution in [0.25, 0.3) is 10.8 Å². The summed E-state index contributed by atoms with van der Waals surface area (Å²) in [7, 11) is -3.30. The number of benzene rings is 8. The second kappa shape index (κ2) is 29.5. The van der Waals surface area contributed by atoms with Crippen LogP contribution in [0.5, 0.6) is 0 Å². The first-order chi connectivity index (χ1) is 42.1. The highest BCUT2D eigenvalue weighted by Gasteiger charge is 2.57. The van der Waals surface area contributed by atoms with Crippen LogP contribution in [-0.4, -0.2) is 99.9 Å². The van der Waals surface area contributed by atoms with Crippen molar-refractivity contribution in [3.05, 3.63) is 245 Å². The average molecular weight is 1270 g/mol. The molecule has 2 aliphatic heterocycles. The summed E-state index contributed by atoms with van der Waals surface area (Å²) in [6, 6.07) is 68.1. The number of hydrogen-bond donors (Lipinski definition) is 1. The van der Waals surface area contributed by atoms with Crippen LogP contribution in [0.1, 0.15) is 67.2 Å². The van der Waals surface area contributed by atoms with E-state index in [4.69, 9.17) is 42.3 Å². The molecular formula is C71H74BrNO12SSi. The minimum atomic E-state index is -3.30. The molecule has 2 fully saturated rings. The predicted octanol–water partition coefficient (Wildman–Crippen LogP) is 12.5. The van der Waals surface area contributed by atoms with Gasteiger partial charge in [-0.25, -0.2) is 4.79 Å². The number of thioether (sulfide) groups is 1. The molecule has 0 aromatic heterocycles. The first kappa shape index (κ1) is 63.2. The van der Waals surface area contributed by atoms with Crippen LogP contribution in [0, 0.1) is 6.92 Å². The van der Waals surface area contributed by atoms with Crippen LogP contribution in [-0.2, 0) is 71.7 Å². The Morgan fingerprint density at radius 2 is 1.10 bits per heavy atom. The van der Waals surface area contributed by atoms with Gasteiger partial charge in [-0.1, -0.05) is 224 Å². The molecule has 0 bridgehead atoms. The van der Waals surface area contributed by atoms with Gasteiger partial charge in [0.2, 0.25) is 5.91 Å². The Kier molecular flexibility index (Phi) is 21.4. The van der Waals surface area contributed by atoms with Gasteiger partial charge in [-0.3, -0.25) is 9.59 Å². The molecule has 8 aromatic carbocycles. The van der Waals surface area contributed by atoms with Crippen molar-refractivity contribution in [2.45, 2.75) is 132 Å². The van der Waals surface area contributed by atoms with Gasteiger partial charge < -0.3 is 47.6 Å². The molecular weight excluding hydrogens is 1200 g/mol. The van der Waals surface area contributed by atoms with Crippen LogP contribution in [0.3, 0.4) is 0 Å². The molecule has 10 atom stereocenters. The van der Waals surface area contributed by atoms with Crippen molar-refractivity contribution in [3.63, 3.8) is 0 Å². The smallest absolute Gasteiger partial charge is 0.338 e. The van der Waals surface area contributed by atoms with Gasteiger partial charge >= 0.3 is 11.9 Å². The minimum Gasteiger partial charge on any atom is -0.463 e. The molecule has 0 radical (unpaired) electrons. The monoisotopic (exact) mass is 1270 g/mol. The van der Waals surface area contributed by atoms with Crippen LogP contribution < -0.4 is 15.7 Å². The third-order valence-corrected chi connectivity index (χ3v) is 22.3. The van der Waals surface area contributed by atoms with E-state index in [0.29, 0.717) is 5.56 Å². The Morgan fingerprint density at radius 3 is 1.72 bits per heavy atom. The van der Waals surface area contributed by atoms with E-state index in [9.17, 15) is 14.4 Å². The van der Waals surface area contributed by atoms with Crippen LogP contribution in [0.2, 0.25) is 5.04 Å². The van der Waals surface area contributed by atoms with Crippen molar-refractivity contribution < 1.29 is 56.7 Å². The molecule has 8 aromatic rings. The molecule has 1 amide bonds. The molecule has 0 spiro atoms. The van der Waals surface area contributed by atoms with Crippen LogP contribution in [0.4, 0.5) is 0 Å². The van der Waals surface area contributed by atoms with Crippen LogP contribution in [0.15, 0.2) is 222 Å². The molecule has 16 heteroatoms. The fourth-order valence-electron chi connectivity index (χ4n) is 11.4. The lowest BCUT2D eigenvalue weighted by Gasteiger charge is -2.51.